The van der Waals surface area contributed by atoms with Crippen LogP contribution in [-0.4, -0.2) is 54.5 Å². The van der Waals surface area contributed by atoms with Gasteiger partial charge in [0.15, 0.2) is 11.5 Å². The van der Waals surface area contributed by atoms with Crippen LogP contribution in [-0.2, 0) is 22.2 Å². The molecular weight excluding hydrogens is 362 g/mol. The van der Waals surface area contributed by atoms with E-state index < -0.39 is 16.5 Å². The highest BCUT2D eigenvalue weighted by Crippen LogP contribution is 2.61. The fourth-order valence-electron chi connectivity index (χ4n) is 5.13. The third-order valence-electron chi connectivity index (χ3n) is 5.88. The van der Waals surface area contributed by atoms with Gasteiger partial charge in [-0.3, -0.25) is 8.42 Å². The van der Waals surface area contributed by atoms with E-state index in [4.69, 9.17) is 27.0 Å². The number of hydrogen-bond acceptors (Lipinski definition) is 8. The molecule has 2 N–H and O–H groups in total. The second-order valence-corrected chi connectivity index (χ2v) is 7.85. The third-order valence-corrected chi connectivity index (χ3v) is 5.88. The second-order valence-electron chi connectivity index (χ2n) is 7.03. The van der Waals surface area contributed by atoms with E-state index in [-0.39, 0.29) is 11.5 Å². The highest BCUT2D eigenvalue weighted by molar-refractivity contribution is 7.79. The van der Waals surface area contributed by atoms with Crippen LogP contribution in [0.15, 0.2) is 24.3 Å². The van der Waals surface area contributed by atoms with Crippen LogP contribution in [0.25, 0.3) is 0 Å². The van der Waals surface area contributed by atoms with Gasteiger partial charge in [0.05, 0.1) is 7.11 Å². The summed E-state index contributed by atoms with van der Waals surface area (Å²) in [6.07, 6.45) is 5.43. The largest absolute Gasteiger partial charge is 0.759 e. The van der Waals surface area contributed by atoms with E-state index in [1.165, 1.54) is 11.1 Å². The molecule has 2 aliphatic heterocycles. The number of aliphatic hydroxyl groups excluding tert-OH is 1. The maximum absolute atomic E-state index is 10.5. The van der Waals surface area contributed by atoms with Crippen LogP contribution >= 0.6 is 0 Å². The van der Waals surface area contributed by atoms with Gasteiger partial charge in [-0.15, -0.1) is 0 Å². The number of hydrogen-bond donors (Lipinski definition) is 2. The van der Waals surface area contributed by atoms with E-state index >= 15 is 0 Å². The number of nitrogens with one attached hydrogen (secondary N) is 1. The van der Waals surface area contributed by atoms with Crippen molar-refractivity contribution in [2.45, 2.75) is 36.5 Å². The molecule has 4 aliphatic rings. The Morgan fingerprint density at radius 3 is 2.77 bits per heavy atom. The molecule has 0 radical (unpaired) electrons. The van der Waals surface area contributed by atoms with Crippen molar-refractivity contribution < 1.29 is 32.1 Å². The summed E-state index contributed by atoms with van der Waals surface area (Å²) in [4.78, 5) is 0. The smallest absolute Gasteiger partial charge is 0.165 e. The topological polar surface area (TPSA) is 131 Å². The molecule has 5 atom stereocenters. The van der Waals surface area contributed by atoms with Crippen LogP contribution in [0, 0.1) is 5.92 Å². The SMILES string of the molecule is COc1ccc2c3c1O[C@H]1[C@@H](O)C=C[C@H]4[C@@H](C2)NCC[C@@]341.O=S(=O)([O-])[O-]. The van der Waals surface area contributed by atoms with Gasteiger partial charge in [0.1, 0.15) is 12.2 Å². The zero-order chi connectivity index (χ0) is 18.7. The quantitative estimate of drug-likeness (QED) is 0.389. The highest BCUT2D eigenvalue weighted by Gasteiger charge is 2.63. The number of rotatable bonds is 1. The van der Waals surface area contributed by atoms with Gasteiger partial charge in [-0.2, -0.15) is 0 Å². The second kappa shape index (κ2) is 5.93. The number of piperidine rings is 1. The summed E-state index contributed by atoms with van der Waals surface area (Å²) in [5.41, 5.74) is 2.57. The van der Waals surface area contributed by atoms with Crippen LogP contribution in [0.1, 0.15) is 17.5 Å². The molecule has 1 aromatic carbocycles. The zero-order valence-electron chi connectivity index (χ0n) is 14.0. The predicted octanol–water partition coefficient (Wildman–Crippen LogP) is -0.179. The minimum Gasteiger partial charge on any atom is -0.759 e. The first-order valence-corrected chi connectivity index (χ1v) is 9.72. The molecule has 0 unspecified atom stereocenters. The van der Waals surface area contributed by atoms with Gasteiger partial charge in [0.2, 0.25) is 0 Å². The molecule has 2 aliphatic carbocycles. The Hall–Kier alpha value is -1.65. The maximum Gasteiger partial charge on any atom is 0.165 e. The van der Waals surface area contributed by atoms with Gasteiger partial charge in [-0.25, -0.2) is 0 Å². The Balaban J connectivity index is 0.000000301. The van der Waals surface area contributed by atoms with Crippen molar-refractivity contribution in [1.29, 1.82) is 0 Å². The molecule has 0 saturated carbocycles. The van der Waals surface area contributed by atoms with Crippen LogP contribution in [0.5, 0.6) is 11.5 Å². The van der Waals surface area contributed by atoms with Crippen LogP contribution in [0.2, 0.25) is 0 Å². The first-order valence-electron chi connectivity index (χ1n) is 8.39. The minimum atomic E-state index is -5.17. The Labute approximate surface area is 151 Å². The maximum atomic E-state index is 10.5. The molecule has 0 aromatic heterocycles. The molecule has 26 heavy (non-hydrogen) atoms. The molecule has 1 fully saturated rings. The summed E-state index contributed by atoms with van der Waals surface area (Å²) in [6.45, 7) is 0.984. The summed E-state index contributed by atoms with van der Waals surface area (Å²) in [5, 5.41) is 14.1. The Morgan fingerprint density at radius 1 is 1.35 bits per heavy atom. The fraction of sp³-hybridized carbons (Fsp3) is 0.529. The van der Waals surface area contributed by atoms with Crippen LogP contribution in [0.4, 0.5) is 0 Å². The van der Waals surface area contributed by atoms with Gasteiger partial charge >= 0.3 is 0 Å². The summed E-state index contributed by atoms with van der Waals surface area (Å²) in [7, 11) is -3.48. The lowest BCUT2D eigenvalue weighted by Gasteiger charge is -2.53. The van der Waals surface area contributed by atoms with Crippen molar-refractivity contribution in [1.82, 2.24) is 5.32 Å². The van der Waals surface area contributed by atoms with E-state index in [1.54, 1.807) is 7.11 Å². The first kappa shape index (κ1) is 17.7. The predicted molar refractivity (Wildman–Crippen MR) is 88.3 cm³/mol. The number of benzene rings is 1. The zero-order valence-corrected chi connectivity index (χ0v) is 14.9. The molecule has 5 rings (SSSR count). The average molecular weight is 381 g/mol. The average Bonchev–Trinajstić information content (AvgIpc) is 2.89. The van der Waals surface area contributed by atoms with Crippen molar-refractivity contribution in [2.24, 2.45) is 5.92 Å². The van der Waals surface area contributed by atoms with Gasteiger partial charge in [-0.05, 0) is 31.0 Å². The molecule has 0 amide bonds. The summed E-state index contributed by atoms with van der Waals surface area (Å²) >= 11 is 0. The summed E-state index contributed by atoms with van der Waals surface area (Å²) in [5.74, 6) is 2.06. The van der Waals surface area contributed by atoms with Gasteiger partial charge in [0.25, 0.3) is 0 Å². The van der Waals surface area contributed by atoms with E-state index in [0.717, 1.165) is 30.9 Å². The summed E-state index contributed by atoms with van der Waals surface area (Å²) < 4.78 is 45.8. The van der Waals surface area contributed by atoms with Crippen molar-refractivity contribution in [2.75, 3.05) is 13.7 Å². The molecule has 2 heterocycles. The molecular formula is C17H19NO7S-2. The van der Waals surface area contributed by atoms with E-state index in [0.29, 0.717) is 12.0 Å². The number of methoxy groups -OCH3 is 1. The standard InChI is InChI=1S/C17H19NO3.H2O4S/c1-20-13-5-2-9-8-11-10-3-4-12(19)16-17(10,6-7-18-11)14(9)15(13)21-16;1-5(2,3)4/h2-5,10-12,16,18-19H,6-8H2,1H3;(H2,1,2,3,4)/p-2/t10-,11+,12-,16-,17-;/m0./s1. The third kappa shape index (κ3) is 2.54. The van der Waals surface area contributed by atoms with Crippen LogP contribution < -0.4 is 14.8 Å². The highest BCUT2D eigenvalue weighted by atomic mass is 32.3. The molecule has 142 valence electrons. The first-order chi connectivity index (χ1) is 12.3. The number of ether oxygens (including phenoxy) is 2. The van der Waals surface area contributed by atoms with Crippen molar-refractivity contribution in [3.8, 4) is 11.5 Å². The van der Waals surface area contributed by atoms with Gasteiger partial charge < -0.3 is 29.0 Å². The van der Waals surface area contributed by atoms with Crippen LogP contribution in [0.3, 0.4) is 0 Å². The molecule has 8 nitrogen and oxygen atoms in total. The monoisotopic (exact) mass is 381 g/mol. The van der Waals surface area contributed by atoms with Gasteiger partial charge in [-0.1, -0.05) is 18.2 Å². The van der Waals surface area contributed by atoms with E-state index in [2.05, 4.69) is 17.5 Å². The Morgan fingerprint density at radius 2 is 2.08 bits per heavy atom. The number of aliphatic hydroxyl groups is 1. The van der Waals surface area contributed by atoms with Crippen molar-refractivity contribution >= 4 is 10.4 Å². The lowest BCUT2D eigenvalue weighted by atomic mass is 9.54. The normalized spacial score (nSPS) is 35.7. The van der Waals surface area contributed by atoms with Crippen molar-refractivity contribution in [3.63, 3.8) is 0 Å². The van der Waals surface area contributed by atoms with Gasteiger partial charge in [0, 0.05) is 33.3 Å². The lowest BCUT2D eigenvalue weighted by Crippen LogP contribution is -2.64. The van der Waals surface area contributed by atoms with E-state index in [9.17, 15) is 5.11 Å². The molecule has 1 spiro atoms. The minimum absolute atomic E-state index is 0.0818. The molecule has 2 bridgehead atoms. The molecule has 1 saturated heterocycles. The Kier molecular flexibility index (Phi) is 4.05. The fourth-order valence-corrected chi connectivity index (χ4v) is 5.13. The lowest BCUT2D eigenvalue weighted by molar-refractivity contribution is -0.0177. The van der Waals surface area contributed by atoms with Crippen molar-refractivity contribution in [3.05, 3.63) is 35.4 Å². The molecule has 1 aromatic rings. The molecule has 9 heteroatoms. The Bertz CT molecular complexity index is 860. The van der Waals surface area contributed by atoms with E-state index in [1.807, 2.05) is 12.1 Å². The summed E-state index contributed by atoms with van der Waals surface area (Å²) in [6, 6.07) is 4.62.